The van der Waals surface area contributed by atoms with Crippen LogP contribution in [-0.4, -0.2) is 33.2 Å². The van der Waals surface area contributed by atoms with Gasteiger partial charge in [0.05, 0.1) is 22.7 Å². The van der Waals surface area contributed by atoms with E-state index in [-0.39, 0.29) is 34.3 Å². The molecule has 0 aliphatic carbocycles. The molecule has 1 atom stereocenters. The first kappa shape index (κ1) is 22.3. The summed E-state index contributed by atoms with van der Waals surface area (Å²) >= 11 is 12.1. The van der Waals surface area contributed by atoms with Crippen molar-refractivity contribution in [2.24, 2.45) is 0 Å². The molecule has 9 heteroatoms. The standard InChI is InChI=1S/C19H20Cl2F2N2O3/c1-19(2,3)28-18(27)25(9-11-4-12(22)6-13(23)5-11)10-16(26)17-14(20)7-24-8-15(17)21/h4-8,16,26H,9-10H2,1-3H3. The Morgan fingerprint density at radius 2 is 1.71 bits per heavy atom. The Morgan fingerprint density at radius 3 is 2.21 bits per heavy atom. The summed E-state index contributed by atoms with van der Waals surface area (Å²) in [6, 6.07) is 2.92. The summed E-state index contributed by atoms with van der Waals surface area (Å²) in [7, 11) is 0. The van der Waals surface area contributed by atoms with Crippen LogP contribution in [0.4, 0.5) is 13.6 Å². The Balaban J connectivity index is 2.30. The first-order valence-corrected chi connectivity index (χ1v) is 9.11. The number of halogens is 4. The van der Waals surface area contributed by atoms with E-state index in [4.69, 9.17) is 27.9 Å². The molecule has 0 aliphatic heterocycles. The molecule has 5 nitrogen and oxygen atoms in total. The number of benzene rings is 1. The van der Waals surface area contributed by atoms with Crippen LogP contribution in [0.1, 0.15) is 38.0 Å². The molecule has 1 aromatic carbocycles. The number of aliphatic hydroxyl groups is 1. The Bertz CT molecular complexity index is 819. The van der Waals surface area contributed by atoms with Crippen LogP contribution in [0.3, 0.4) is 0 Å². The van der Waals surface area contributed by atoms with E-state index in [2.05, 4.69) is 4.98 Å². The third-order valence-corrected chi connectivity index (χ3v) is 4.17. The number of aliphatic hydroxyl groups excluding tert-OH is 1. The van der Waals surface area contributed by atoms with Crippen LogP contribution in [-0.2, 0) is 11.3 Å². The van der Waals surface area contributed by atoms with Gasteiger partial charge in [0.25, 0.3) is 0 Å². The summed E-state index contributed by atoms with van der Waals surface area (Å²) in [5.74, 6) is -1.56. The molecule has 2 aromatic rings. The highest BCUT2D eigenvalue weighted by atomic mass is 35.5. The minimum absolute atomic E-state index is 0.126. The lowest BCUT2D eigenvalue weighted by atomic mass is 10.1. The number of hydrogen-bond donors (Lipinski definition) is 1. The second-order valence-electron chi connectivity index (χ2n) is 7.17. The number of rotatable bonds is 5. The lowest BCUT2D eigenvalue weighted by molar-refractivity contribution is 0.0124. The van der Waals surface area contributed by atoms with Crippen molar-refractivity contribution < 1.29 is 23.4 Å². The third kappa shape index (κ3) is 6.29. The molecular formula is C19H20Cl2F2N2O3. The number of carbonyl (C=O) groups is 1. The molecule has 1 heterocycles. The predicted molar refractivity (Wildman–Crippen MR) is 102 cm³/mol. The smallest absolute Gasteiger partial charge is 0.410 e. The molecule has 28 heavy (non-hydrogen) atoms. The number of carbonyl (C=O) groups excluding carboxylic acids is 1. The molecule has 0 fully saturated rings. The van der Waals surface area contributed by atoms with Crippen LogP contribution in [0.15, 0.2) is 30.6 Å². The number of amides is 1. The molecule has 1 aromatic heterocycles. The number of ether oxygens (including phenoxy) is 1. The fourth-order valence-corrected chi connectivity index (χ4v) is 3.11. The van der Waals surface area contributed by atoms with Gasteiger partial charge in [0, 0.05) is 30.6 Å². The van der Waals surface area contributed by atoms with Crippen molar-refractivity contribution in [3.8, 4) is 0 Å². The first-order chi connectivity index (χ1) is 13.0. The van der Waals surface area contributed by atoms with Crippen molar-refractivity contribution in [1.29, 1.82) is 0 Å². The summed E-state index contributed by atoms with van der Waals surface area (Å²) in [4.78, 5) is 17.5. The maximum Gasteiger partial charge on any atom is 0.410 e. The number of nitrogens with zero attached hydrogens (tertiary/aromatic N) is 2. The molecular weight excluding hydrogens is 413 g/mol. The number of pyridine rings is 1. The van der Waals surface area contributed by atoms with Crippen LogP contribution < -0.4 is 0 Å². The molecule has 1 amide bonds. The summed E-state index contributed by atoms with van der Waals surface area (Å²) in [5.41, 5.74) is -0.417. The molecule has 0 radical (unpaired) electrons. The van der Waals surface area contributed by atoms with Gasteiger partial charge < -0.3 is 14.7 Å². The van der Waals surface area contributed by atoms with Crippen LogP contribution in [0.25, 0.3) is 0 Å². The molecule has 0 spiro atoms. The van der Waals surface area contributed by atoms with E-state index in [1.807, 2.05) is 0 Å². The van der Waals surface area contributed by atoms with E-state index < -0.39 is 29.4 Å². The minimum atomic E-state index is -1.27. The highest BCUT2D eigenvalue weighted by molar-refractivity contribution is 6.35. The second-order valence-corrected chi connectivity index (χ2v) is 7.99. The molecule has 1 unspecified atom stereocenters. The average Bonchev–Trinajstić information content (AvgIpc) is 2.51. The van der Waals surface area contributed by atoms with Gasteiger partial charge in [0.15, 0.2) is 0 Å². The third-order valence-electron chi connectivity index (χ3n) is 3.56. The lowest BCUT2D eigenvalue weighted by Crippen LogP contribution is -2.39. The van der Waals surface area contributed by atoms with Gasteiger partial charge in [0.2, 0.25) is 0 Å². The highest BCUT2D eigenvalue weighted by Gasteiger charge is 2.27. The summed E-state index contributed by atoms with van der Waals surface area (Å²) in [6.45, 7) is 4.57. The lowest BCUT2D eigenvalue weighted by Gasteiger charge is -2.29. The molecule has 1 N–H and O–H groups in total. The van der Waals surface area contributed by atoms with Gasteiger partial charge in [-0.3, -0.25) is 4.98 Å². The Hall–Kier alpha value is -1.96. The second kappa shape index (κ2) is 9.03. The van der Waals surface area contributed by atoms with E-state index >= 15 is 0 Å². The number of hydrogen-bond acceptors (Lipinski definition) is 4. The molecule has 152 valence electrons. The van der Waals surface area contributed by atoms with Crippen LogP contribution in [0.5, 0.6) is 0 Å². The summed E-state index contributed by atoms with van der Waals surface area (Å²) in [6.07, 6.45) is 0.587. The van der Waals surface area contributed by atoms with E-state index in [1.165, 1.54) is 12.4 Å². The van der Waals surface area contributed by atoms with Crippen molar-refractivity contribution in [3.05, 3.63) is 63.4 Å². The Kier molecular flexibility index (Phi) is 7.20. The van der Waals surface area contributed by atoms with Gasteiger partial charge in [0.1, 0.15) is 17.2 Å². The zero-order valence-electron chi connectivity index (χ0n) is 15.5. The largest absolute Gasteiger partial charge is 0.444 e. The molecule has 0 bridgehead atoms. The van der Waals surface area contributed by atoms with Gasteiger partial charge in [-0.15, -0.1) is 0 Å². The van der Waals surface area contributed by atoms with Crippen molar-refractivity contribution in [2.45, 2.75) is 39.0 Å². The van der Waals surface area contributed by atoms with Crippen LogP contribution in [0, 0.1) is 11.6 Å². The van der Waals surface area contributed by atoms with E-state index in [0.29, 0.717) is 0 Å². The van der Waals surface area contributed by atoms with E-state index in [9.17, 15) is 18.7 Å². The van der Waals surface area contributed by atoms with Crippen LogP contribution >= 0.6 is 23.2 Å². The number of aromatic nitrogens is 1. The average molecular weight is 433 g/mol. The van der Waals surface area contributed by atoms with E-state index in [0.717, 1.165) is 23.1 Å². The Morgan fingerprint density at radius 1 is 1.18 bits per heavy atom. The zero-order chi connectivity index (χ0) is 21.1. The van der Waals surface area contributed by atoms with Gasteiger partial charge in [-0.1, -0.05) is 23.2 Å². The van der Waals surface area contributed by atoms with Gasteiger partial charge in [-0.25, -0.2) is 13.6 Å². The molecule has 2 rings (SSSR count). The minimum Gasteiger partial charge on any atom is -0.444 e. The normalized spacial score (nSPS) is 12.6. The SMILES string of the molecule is CC(C)(C)OC(=O)N(Cc1cc(F)cc(F)c1)CC(O)c1c(Cl)cncc1Cl. The molecule has 0 saturated heterocycles. The Labute approximate surface area is 171 Å². The van der Waals surface area contributed by atoms with Gasteiger partial charge in [-0.2, -0.15) is 0 Å². The van der Waals surface area contributed by atoms with Gasteiger partial charge >= 0.3 is 6.09 Å². The quantitative estimate of drug-likeness (QED) is 0.710. The fraction of sp³-hybridized carbons (Fsp3) is 0.368. The van der Waals surface area contributed by atoms with E-state index in [1.54, 1.807) is 20.8 Å². The maximum absolute atomic E-state index is 13.5. The molecule has 0 saturated carbocycles. The summed E-state index contributed by atoms with van der Waals surface area (Å²) < 4.78 is 32.4. The monoisotopic (exact) mass is 432 g/mol. The van der Waals surface area contributed by atoms with Crippen molar-refractivity contribution in [1.82, 2.24) is 9.88 Å². The maximum atomic E-state index is 13.5. The van der Waals surface area contributed by atoms with Crippen molar-refractivity contribution in [2.75, 3.05) is 6.54 Å². The zero-order valence-corrected chi connectivity index (χ0v) is 17.1. The highest BCUT2D eigenvalue weighted by Crippen LogP contribution is 2.30. The van der Waals surface area contributed by atoms with Crippen LogP contribution in [0.2, 0.25) is 10.0 Å². The molecule has 0 aliphatic rings. The summed E-state index contributed by atoms with van der Waals surface area (Å²) in [5, 5.41) is 10.8. The van der Waals surface area contributed by atoms with Crippen molar-refractivity contribution in [3.63, 3.8) is 0 Å². The topological polar surface area (TPSA) is 62.7 Å². The van der Waals surface area contributed by atoms with Crippen molar-refractivity contribution >= 4 is 29.3 Å². The predicted octanol–water partition coefficient (Wildman–Crippen LogP) is 5.14. The first-order valence-electron chi connectivity index (χ1n) is 8.36. The fourth-order valence-electron chi connectivity index (χ4n) is 2.49. The van der Waals surface area contributed by atoms with Gasteiger partial charge in [-0.05, 0) is 38.5 Å².